The van der Waals surface area contributed by atoms with Crippen molar-refractivity contribution in [2.45, 2.75) is 18.7 Å². The molecule has 4 aromatic rings. The average molecular weight is 551 g/mol. The first-order chi connectivity index (χ1) is 17.5. The van der Waals surface area contributed by atoms with Crippen LogP contribution in [0.2, 0.25) is 5.02 Å². The van der Waals surface area contributed by atoms with Gasteiger partial charge >= 0.3 is 0 Å². The number of carbonyl (C=O) groups excluding carboxylic acids is 1. The van der Waals surface area contributed by atoms with Crippen LogP contribution >= 0.6 is 11.6 Å². The highest BCUT2D eigenvalue weighted by atomic mass is 35.5. The van der Waals surface area contributed by atoms with Crippen LogP contribution in [0.25, 0.3) is 16.8 Å². The summed E-state index contributed by atoms with van der Waals surface area (Å²) in [5.41, 5.74) is -0.893. The predicted molar refractivity (Wildman–Crippen MR) is 132 cm³/mol. The van der Waals surface area contributed by atoms with E-state index in [-0.39, 0.29) is 34.8 Å². The van der Waals surface area contributed by atoms with Crippen LogP contribution in [-0.2, 0) is 10.0 Å². The molecule has 2 N–H and O–H groups in total. The standard InChI is InChI=1S/C23H21ClF2N6O4S/c1-12(2)10-36-23-18(6-13(24)7-29-23)37(34,35)31-15-5-4-14(25)19(20(15)26)16-9-32-11-30-21(22(33)27-3)17(32)8-28-16/h4-9,11-12,31H,10H2,1-3H3,(H,27,33). The Bertz CT molecular complexity index is 1610. The molecule has 10 nitrogen and oxygen atoms in total. The average Bonchev–Trinajstić information content (AvgIpc) is 3.28. The Labute approximate surface area is 215 Å². The van der Waals surface area contributed by atoms with Gasteiger partial charge in [-0.15, -0.1) is 0 Å². The molecule has 4 rings (SSSR count). The summed E-state index contributed by atoms with van der Waals surface area (Å²) >= 11 is 5.95. The van der Waals surface area contributed by atoms with Crippen molar-refractivity contribution >= 4 is 38.7 Å². The molecular weight excluding hydrogens is 530 g/mol. The minimum Gasteiger partial charge on any atom is -0.476 e. The molecule has 0 spiro atoms. The molecule has 3 aromatic heterocycles. The molecular formula is C23H21ClF2N6O4S. The molecule has 14 heteroatoms. The lowest BCUT2D eigenvalue weighted by Crippen LogP contribution is -2.18. The number of halogens is 3. The van der Waals surface area contributed by atoms with Crippen molar-refractivity contribution < 1.29 is 26.7 Å². The van der Waals surface area contributed by atoms with Crippen LogP contribution in [0.5, 0.6) is 5.88 Å². The predicted octanol–water partition coefficient (Wildman–Crippen LogP) is 3.92. The Morgan fingerprint density at radius 2 is 1.95 bits per heavy atom. The number of rotatable bonds is 8. The van der Waals surface area contributed by atoms with Crippen molar-refractivity contribution in [3.8, 4) is 17.1 Å². The van der Waals surface area contributed by atoms with Crippen LogP contribution in [0.4, 0.5) is 14.5 Å². The number of hydrogen-bond donors (Lipinski definition) is 2. The number of fused-ring (bicyclic) bond motifs is 1. The Morgan fingerprint density at radius 1 is 1.19 bits per heavy atom. The lowest BCUT2D eigenvalue weighted by molar-refractivity contribution is 0.0960. The summed E-state index contributed by atoms with van der Waals surface area (Å²) in [4.78, 5) is 23.5. The number of pyridine rings is 1. The van der Waals surface area contributed by atoms with E-state index in [2.05, 4.69) is 25.0 Å². The topological polar surface area (TPSA) is 128 Å². The number of sulfonamides is 1. The molecule has 0 saturated heterocycles. The van der Waals surface area contributed by atoms with Crippen LogP contribution in [0.15, 0.2) is 48.0 Å². The van der Waals surface area contributed by atoms with Crippen LogP contribution in [0, 0.1) is 17.6 Å². The highest BCUT2D eigenvalue weighted by Crippen LogP contribution is 2.33. The van der Waals surface area contributed by atoms with Crippen LogP contribution in [0.3, 0.4) is 0 Å². The fraction of sp³-hybridized carbons (Fsp3) is 0.217. The number of carbonyl (C=O) groups is 1. The summed E-state index contributed by atoms with van der Waals surface area (Å²) in [6.07, 6.45) is 5.02. The third-order valence-electron chi connectivity index (χ3n) is 5.08. The summed E-state index contributed by atoms with van der Waals surface area (Å²) in [5.74, 6) is -2.79. The van der Waals surface area contributed by atoms with Gasteiger partial charge in [-0.1, -0.05) is 25.4 Å². The minimum atomic E-state index is -4.46. The van der Waals surface area contributed by atoms with Gasteiger partial charge in [-0.3, -0.25) is 14.5 Å². The molecule has 3 heterocycles. The first-order valence-corrected chi connectivity index (χ1v) is 12.7. The normalized spacial score (nSPS) is 11.6. The zero-order valence-electron chi connectivity index (χ0n) is 19.8. The van der Waals surface area contributed by atoms with Crippen LogP contribution in [-0.4, -0.2) is 47.3 Å². The molecule has 37 heavy (non-hydrogen) atoms. The fourth-order valence-electron chi connectivity index (χ4n) is 3.34. The second-order valence-corrected chi connectivity index (χ2v) is 10.4. The van der Waals surface area contributed by atoms with Crippen molar-refractivity contribution in [3.63, 3.8) is 0 Å². The van der Waals surface area contributed by atoms with Gasteiger partial charge in [-0.2, -0.15) is 0 Å². The number of anilines is 1. The fourth-order valence-corrected chi connectivity index (χ4v) is 4.74. The highest BCUT2D eigenvalue weighted by Gasteiger charge is 2.26. The van der Waals surface area contributed by atoms with Gasteiger partial charge in [0.25, 0.3) is 15.9 Å². The summed E-state index contributed by atoms with van der Waals surface area (Å²) in [6.45, 7) is 3.91. The van der Waals surface area contributed by atoms with Crippen molar-refractivity contribution in [1.82, 2.24) is 24.7 Å². The number of amides is 1. The zero-order chi connectivity index (χ0) is 26.9. The number of nitrogens with one attached hydrogen (secondary N) is 2. The molecule has 0 atom stereocenters. The number of hydrogen-bond acceptors (Lipinski definition) is 7. The smallest absolute Gasteiger partial charge is 0.271 e. The van der Waals surface area contributed by atoms with E-state index in [1.807, 2.05) is 13.8 Å². The molecule has 0 aliphatic rings. The third-order valence-corrected chi connectivity index (χ3v) is 6.65. The van der Waals surface area contributed by atoms with E-state index in [9.17, 15) is 17.6 Å². The third kappa shape index (κ3) is 5.32. The first-order valence-electron chi connectivity index (χ1n) is 10.9. The Balaban J connectivity index is 1.73. The van der Waals surface area contributed by atoms with E-state index in [0.29, 0.717) is 5.52 Å². The van der Waals surface area contributed by atoms with Crippen molar-refractivity contribution in [1.29, 1.82) is 0 Å². The molecule has 0 bridgehead atoms. The maximum atomic E-state index is 15.5. The van der Waals surface area contributed by atoms with Gasteiger partial charge in [0.15, 0.2) is 16.4 Å². The van der Waals surface area contributed by atoms with Gasteiger partial charge < -0.3 is 14.5 Å². The van der Waals surface area contributed by atoms with Gasteiger partial charge in [0, 0.05) is 19.4 Å². The number of imidazole rings is 1. The number of aromatic nitrogens is 4. The van der Waals surface area contributed by atoms with E-state index in [1.165, 1.54) is 36.4 Å². The summed E-state index contributed by atoms with van der Waals surface area (Å²) in [5, 5.41) is 2.46. The van der Waals surface area contributed by atoms with Gasteiger partial charge in [0.05, 0.1) is 40.3 Å². The SMILES string of the molecule is CNC(=O)c1ncn2cc(-c3c(F)ccc(NS(=O)(=O)c4cc(Cl)cnc4OCC(C)C)c3F)ncc12. The summed E-state index contributed by atoms with van der Waals surface area (Å²) in [6, 6.07) is 2.96. The maximum Gasteiger partial charge on any atom is 0.271 e. The Hall–Kier alpha value is -3.84. The summed E-state index contributed by atoms with van der Waals surface area (Å²) < 4.78 is 65.6. The number of benzene rings is 1. The maximum absolute atomic E-state index is 15.5. The molecule has 194 valence electrons. The van der Waals surface area contributed by atoms with Crippen molar-refractivity contribution in [3.05, 3.63) is 65.5 Å². The van der Waals surface area contributed by atoms with Crippen molar-refractivity contribution in [2.75, 3.05) is 18.4 Å². The van der Waals surface area contributed by atoms with Crippen molar-refractivity contribution in [2.24, 2.45) is 5.92 Å². The van der Waals surface area contributed by atoms with Gasteiger partial charge in [0.1, 0.15) is 12.1 Å². The molecule has 0 unspecified atom stereocenters. The highest BCUT2D eigenvalue weighted by molar-refractivity contribution is 7.92. The number of nitrogens with zero attached hydrogens (tertiary/aromatic N) is 4. The molecule has 1 amide bonds. The largest absolute Gasteiger partial charge is 0.476 e. The second kappa shape index (κ2) is 10.3. The van der Waals surface area contributed by atoms with E-state index < -0.39 is 43.7 Å². The van der Waals surface area contributed by atoms with Crippen LogP contribution in [0.1, 0.15) is 24.3 Å². The molecule has 0 radical (unpaired) electrons. The quantitative estimate of drug-likeness (QED) is 0.340. The monoisotopic (exact) mass is 550 g/mol. The molecule has 0 aliphatic heterocycles. The molecule has 0 aliphatic carbocycles. The van der Waals surface area contributed by atoms with Gasteiger partial charge in [0.2, 0.25) is 5.88 Å². The molecule has 0 saturated carbocycles. The Kier molecular flexibility index (Phi) is 7.28. The minimum absolute atomic E-state index is 0.0199. The molecule has 0 fully saturated rings. The van der Waals surface area contributed by atoms with Gasteiger partial charge in [-0.05, 0) is 24.1 Å². The first kappa shape index (κ1) is 26.2. The van der Waals surface area contributed by atoms with Crippen LogP contribution < -0.4 is 14.8 Å². The second-order valence-electron chi connectivity index (χ2n) is 8.29. The van der Waals surface area contributed by atoms with E-state index in [1.54, 1.807) is 0 Å². The summed E-state index contributed by atoms with van der Waals surface area (Å²) in [7, 11) is -3.02. The number of ether oxygens (including phenoxy) is 1. The van der Waals surface area contributed by atoms with E-state index in [0.717, 1.165) is 18.2 Å². The molecule has 1 aromatic carbocycles. The van der Waals surface area contributed by atoms with E-state index >= 15 is 4.39 Å². The van der Waals surface area contributed by atoms with Gasteiger partial charge in [-0.25, -0.2) is 27.2 Å². The van der Waals surface area contributed by atoms with E-state index in [4.69, 9.17) is 16.3 Å². The lowest BCUT2D eigenvalue weighted by Gasteiger charge is -2.15. The zero-order valence-corrected chi connectivity index (χ0v) is 21.4. The Morgan fingerprint density at radius 3 is 2.65 bits per heavy atom. The lowest BCUT2D eigenvalue weighted by atomic mass is 10.1.